The highest BCUT2D eigenvalue weighted by molar-refractivity contribution is 5.77. The fourth-order valence-electron chi connectivity index (χ4n) is 5.44. The smallest absolute Gasteiger partial charge is 0.288 e. The Labute approximate surface area is 205 Å². The standard InChI is InChI=1S/C24H33N9O2/c1-23(2)14-28-22(35-23)32-7-5-24(3,15-32)33-6-4-17-18(16-12-26-20(25)27-13-16)29-21(30-19(17)33)31-8-10-34-11-9-31/h12-13H,4-11,14-15H2,1-3H3,(H2,25,26,27)/t24-/m0/s1. The molecule has 0 spiro atoms. The molecule has 0 bridgehead atoms. The van der Waals surface area contributed by atoms with Crippen LogP contribution < -0.4 is 15.5 Å². The number of nitrogens with two attached hydrogens (primary N) is 1. The number of aliphatic imine (C=N–C) groups is 1. The van der Waals surface area contributed by atoms with E-state index in [0.29, 0.717) is 19.8 Å². The summed E-state index contributed by atoms with van der Waals surface area (Å²) in [7, 11) is 0. The van der Waals surface area contributed by atoms with Gasteiger partial charge in [0.05, 0.1) is 31.0 Å². The number of rotatable bonds is 3. The SMILES string of the molecule is CC1(C)CN=C(N2CC[C@](C)(N3CCc4c(-c5cnc(N)nc5)nc(N5CCOCC5)nc43)C2)O1. The maximum Gasteiger partial charge on any atom is 0.288 e. The number of nitrogens with zero attached hydrogens (tertiary/aromatic N) is 8. The molecule has 6 rings (SSSR count). The van der Waals surface area contributed by atoms with Crippen LogP contribution in [-0.4, -0.2) is 94.5 Å². The molecule has 0 amide bonds. The molecule has 1 atom stereocenters. The molecule has 6 heterocycles. The second-order valence-electron chi connectivity index (χ2n) is 10.6. The molecule has 2 fully saturated rings. The monoisotopic (exact) mass is 479 g/mol. The van der Waals surface area contributed by atoms with Gasteiger partial charge in [0, 0.05) is 56.2 Å². The van der Waals surface area contributed by atoms with E-state index in [0.717, 1.165) is 80.2 Å². The third-order valence-electron chi connectivity index (χ3n) is 7.39. The van der Waals surface area contributed by atoms with Crippen molar-refractivity contribution >= 4 is 23.7 Å². The highest BCUT2D eigenvalue weighted by Gasteiger charge is 2.46. The van der Waals surface area contributed by atoms with Crippen LogP contribution in [0, 0.1) is 0 Å². The summed E-state index contributed by atoms with van der Waals surface area (Å²) in [6.45, 7) is 12.7. The van der Waals surface area contributed by atoms with E-state index >= 15 is 0 Å². The Kier molecular flexibility index (Phi) is 5.21. The summed E-state index contributed by atoms with van der Waals surface area (Å²) in [5, 5.41) is 0. The Bertz CT molecular complexity index is 1150. The Morgan fingerprint density at radius 2 is 1.74 bits per heavy atom. The summed E-state index contributed by atoms with van der Waals surface area (Å²) in [5.74, 6) is 2.00. The number of amidine groups is 1. The summed E-state index contributed by atoms with van der Waals surface area (Å²) < 4.78 is 11.7. The van der Waals surface area contributed by atoms with Crippen LogP contribution in [0.4, 0.5) is 17.7 Å². The van der Waals surface area contributed by atoms with Crippen molar-refractivity contribution in [2.75, 3.05) is 68.0 Å². The van der Waals surface area contributed by atoms with Gasteiger partial charge in [-0.1, -0.05) is 0 Å². The normalized spacial score (nSPS) is 25.6. The molecule has 0 unspecified atom stereocenters. The van der Waals surface area contributed by atoms with Crippen LogP contribution in [0.5, 0.6) is 0 Å². The molecule has 186 valence electrons. The van der Waals surface area contributed by atoms with Gasteiger partial charge in [-0.3, -0.25) is 0 Å². The lowest BCUT2D eigenvalue weighted by atomic mass is 9.99. The van der Waals surface area contributed by atoms with Gasteiger partial charge < -0.3 is 29.9 Å². The summed E-state index contributed by atoms with van der Waals surface area (Å²) >= 11 is 0. The van der Waals surface area contributed by atoms with E-state index in [-0.39, 0.29) is 17.1 Å². The van der Waals surface area contributed by atoms with E-state index in [1.54, 1.807) is 12.4 Å². The second-order valence-corrected chi connectivity index (χ2v) is 10.6. The summed E-state index contributed by atoms with van der Waals surface area (Å²) in [5.41, 5.74) is 8.34. The van der Waals surface area contributed by atoms with Gasteiger partial charge in [0.25, 0.3) is 6.02 Å². The van der Waals surface area contributed by atoms with Gasteiger partial charge in [-0.15, -0.1) is 0 Å². The zero-order valence-corrected chi connectivity index (χ0v) is 20.7. The quantitative estimate of drug-likeness (QED) is 0.691. The number of fused-ring (bicyclic) bond motifs is 1. The number of anilines is 3. The van der Waals surface area contributed by atoms with Crippen LogP contribution in [0.2, 0.25) is 0 Å². The minimum absolute atomic E-state index is 0.0879. The zero-order chi connectivity index (χ0) is 24.2. The van der Waals surface area contributed by atoms with E-state index < -0.39 is 0 Å². The number of likely N-dealkylation sites (tertiary alicyclic amines) is 1. The molecule has 2 aromatic heterocycles. The fourth-order valence-corrected chi connectivity index (χ4v) is 5.44. The number of ether oxygens (including phenoxy) is 2. The fraction of sp³-hybridized carbons (Fsp3) is 0.625. The van der Waals surface area contributed by atoms with Crippen LogP contribution in [0.3, 0.4) is 0 Å². The van der Waals surface area contributed by atoms with Crippen molar-refractivity contribution in [2.45, 2.75) is 44.8 Å². The predicted molar refractivity (Wildman–Crippen MR) is 134 cm³/mol. The first-order valence-electron chi connectivity index (χ1n) is 12.4. The van der Waals surface area contributed by atoms with Gasteiger partial charge in [0.2, 0.25) is 11.9 Å². The van der Waals surface area contributed by atoms with E-state index in [4.69, 9.17) is 25.2 Å². The van der Waals surface area contributed by atoms with Crippen molar-refractivity contribution < 1.29 is 9.47 Å². The molecule has 0 aliphatic carbocycles. The van der Waals surface area contributed by atoms with Gasteiger partial charge in [-0.25, -0.2) is 19.9 Å². The molecule has 0 saturated carbocycles. The number of hydrogen-bond acceptors (Lipinski definition) is 11. The van der Waals surface area contributed by atoms with Crippen molar-refractivity contribution in [3.63, 3.8) is 0 Å². The molecule has 0 aromatic carbocycles. The summed E-state index contributed by atoms with van der Waals surface area (Å²) in [6, 6.07) is 0.773. The predicted octanol–water partition coefficient (Wildman–Crippen LogP) is 1.34. The van der Waals surface area contributed by atoms with E-state index in [9.17, 15) is 0 Å². The van der Waals surface area contributed by atoms with E-state index in [1.807, 2.05) is 0 Å². The van der Waals surface area contributed by atoms with Crippen LogP contribution in [0.25, 0.3) is 11.3 Å². The van der Waals surface area contributed by atoms with Crippen molar-refractivity contribution in [3.8, 4) is 11.3 Å². The first-order valence-corrected chi connectivity index (χ1v) is 12.4. The lowest BCUT2D eigenvalue weighted by Crippen LogP contribution is -2.49. The van der Waals surface area contributed by atoms with Crippen LogP contribution in [-0.2, 0) is 15.9 Å². The number of nitrogen functional groups attached to an aromatic ring is 1. The molecule has 11 heteroatoms. The lowest BCUT2D eigenvalue weighted by Gasteiger charge is -2.37. The summed E-state index contributed by atoms with van der Waals surface area (Å²) in [4.78, 5) is 30.2. The molecular formula is C24H33N9O2. The largest absolute Gasteiger partial charge is 0.457 e. The van der Waals surface area contributed by atoms with Crippen LogP contribution in [0.1, 0.15) is 32.8 Å². The second kappa shape index (κ2) is 8.18. The van der Waals surface area contributed by atoms with Crippen LogP contribution in [0.15, 0.2) is 17.4 Å². The zero-order valence-electron chi connectivity index (χ0n) is 20.7. The Morgan fingerprint density at radius 3 is 2.46 bits per heavy atom. The number of morpholine rings is 1. The van der Waals surface area contributed by atoms with Gasteiger partial charge >= 0.3 is 0 Å². The highest BCUT2D eigenvalue weighted by Crippen LogP contribution is 2.42. The van der Waals surface area contributed by atoms with Crippen molar-refractivity contribution in [1.29, 1.82) is 0 Å². The molecule has 4 aliphatic rings. The maximum absolute atomic E-state index is 6.13. The summed E-state index contributed by atoms with van der Waals surface area (Å²) in [6.07, 6.45) is 5.39. The van der Waals surface area contributed by atoms with Crippen LogP contribution >= 0.6 is 0 Å². The molecule has 2 aromatic rings. The molecule has 35 heavy (non-hydrogen) atoms. The average molecular weight is 480 g/mol. The molecule has 2 N–H and O–H groups in total. The van der Waals surface area contributed by atoms with Gasteiger partial charge in [0.1, 0.15) is 11.4 Å². The highest BCUT2D eigenvalue weighted by atomic mass is 16.5. The minimum Gasteiger partial charge on any atom is -0.457 e. The number of hydrogen-bond donors (Lipinski definition) is 1. The van der Waals surface area contributed by atoms with E-state index in [1.165, 1.54) is 0 Å². The molecule has 11 nitrogen and oxygen atoms in total. The number of aromatic nitrogens is 4. The molecular weight excluding hydrogens is 446 g/mol. The van der Waals surface area contributed by atoms with E-state index in [2.05, 4.69) is 50.4 Å². The third-order valence-corrected chi connectivity index (χ3v) is 7.39. The van der Waals surface area contributed by atoms with Crippen molar-refractivity contribution in [2.24, 2.45) is 4.99 Å². The molecule has 4 aliphatic heterocycles. The first-order chi connectivity index (χ1) is 16.8. The van der Waals surface area contributed by atoms with Gasteiger partial charge in [-0.05, 0) is 33.6 Å². The van der Waals surface area contributed by atoms with Crippen molar-refractivity contribution in [1.82, 2.24) is 24.8 Å². The lowest BCUT2D eigenvalue weighted by molar-refractivity contribution is 0.107. The maximum atomic E-state index is 6.13. The first kappa shape index (κ1) is 22.3. The Balaban J connectivity index is 1.35. The third kappa shape index (κ3) is 4.01. The van der Waals surface area contributed by atoms with Gasteiger partial charge in [0.15, 0.2) is 0 Å². The minimum atomic E-state index is -0.231. The molecule has 0 radical (unpaired) electrons. The Morgan fingerprint density at radius 1 is 0.971 bits per heavy atom. The topological polar surface area (TPSA) is 118 Å². The van der Waals surface area contributed by atoms with Gasteiger partial charge in [-0.2, -0.15) is 4.98 Å². The van der Waals surface area contributed by atoms with Crippen molar-refractivity contribution in [3.05, 3.63) is 18.0 Å². The average Bonchev–Trinajstić information content (AvgIpc) is 3.56. The Hall–Kier alpha value is -3.21. The molecule has 2 saturated heterocycles.